The molecule has 0 heterocycles. The van der Waals surface area contributed by atoms with E-state index in [-0.39, 0.29) is 17.7 Å². The Morgan fingerprint density at radius 1 is 1.29 bits per heavy atom. The number of carbonyl (C=O) groups excluding carboxylic acids is 1. The molecule has 0 spiro atoms. The molecule has 14 heavy (non-hydrogen) atoms. The van der Waals surface area contributed by atoms with E-state index in [1.165, 1.54) is 0 Å². The summed E-state index contributed by atoms with van der Waals surface area (Å²) in [7, 11) is 0. The normalized spacial score (nSPS) is 14.9. The molecule has 2 N–H and O–H groups in total. The lowest BCUT2D eigenvalue weighted by Crippen LogP contribution is -2.30. The molecule has 0 aromatic heterocycles. The average Bonchev–Trinajstić information content (AvgIpc) is 2.16. The van der Waals surface area contributed by atoms with Crippen LogP contribution < -0.4 is 5.73 Å². The van der Waals surface area contributed by atoms with Crippen LogP contribution in [0, 0.1) is 5.92 Å². The smallest absolute Gasteiger partial charge is 0.167 e. The zero-order valence-electron chi connectivity index (χ0n) is 8.33. The zero-order chi connectivity index (χ0) is 10.7. The Morgan fingerprint density at radius 2 is 1.79 bits per heavy atom. The summed E-state index contributed by atoms with van der Waals surface area (Å²) in [5.74, 6) is -0.0900. The average molecular weight is 212 g/mol. The van der Waals surface area contributed by atoms with Gasteiger partial charge in [-0.1, -0.05) is 18.5 Å². The van der Waals surface area contributed by atoms with Gasteiger partial charge in [0.05, 0.1) is 0 Å². The molecule has 2 unspecified atom stereocenters. The molecule has 2 nitrogen and oxygen atoms in total. The Hall–Kier alpha value is -0.860. The molecule has 1 aromatic rings. The monoisotopic (exact) mass is 211 g/mol. The van der Waals surface area contributed by atoms with Crippen LogP contribution in [0.15, 0.2) is 24.3 Å². The molecular formula is C11H14ClNO. The Bertz CT molecular complexity index is 319. The maximum atomic E-state index is 11.8. The highest BCUT2D eigenvalue weighted by Gasteiger charge is 2.18. The first-order valence-electron chi connectivity index (χ1n) is 4.57. The van der Waals surface area contributed by atoms with Gasteiger partial charge in [-0.3, -0.25) is 4.79 Å². The van der Waals surface area contributed by atoms with E-state index in [1.807, 2.05) is 13.8 Å². The van der Waals surface area contributed by atoms with Crippen molar-refractivity contribution in [1.82, 2.24) is 0 Å². The summed E-state index contributed by atoms with van der Waals surface area (Å²) in [6.45, 7) is 3.67. The summed E-state index contributed by atoms with van der Waals surface area (Å²) in [6.07, 6.45) is 0. The number of halogens is 1. The molecule has 2 atom stereocenters. The van der Waals surface area contributed by atoms with Crippen molar-refractivity contribution in [1.29, 1.82) is 0 Å². The van der Waals surface area contributed by atoms with E-state index in [0.717, 1.165) is 0 Å². The fraction of sp³-hybridized carbons (Fsp3) is 0.364. The number of rotatable bonds is 3. The number of carbonyl (C=O) groups is 1. The van der Waals surface area contributed by atoms with Crippen molar-refractivity contribution in [3.8, 4) is 0 Å². The van der Waals surface area contributed by atoms with Crippen LogP contribution >= 0.6 is 11.6 Å². The fourth-order valence-electron chi connectivity index (χ4n) is 1.12. The van der Waals surface area contributed by atoms with Gasteiger partial charge in [0, 0.05) is 22.5 Å². The third kappa shape index (κ3) is 2.56. The van der Waals surface area contributed by atoms with Crippen LogP contribution in [0.25, 0.3) is 0 Å². The zero-order valence-corrected chi connectivity index (χ0v) is 9.08. The molecule has 0 amide bonds. The molecule has 0 bridgehead atoms. The van der Waals surface area contributed by atoms with E-state index in [1.54, 1.807) is 24.3 Å². The molecule has 1 aromatic carbocycles. The summed E-state index contributed by atoms with van der Waals surface area (Å²) in [4.78, 5) is 11.8. The Labute approximate surface area is 89.1 Å². The van der Waals surface area contributed by atoms with Crippen molar-refractivity contribution in [3.05, 3.63) is 34.9 Å². The van der Waals surface area contributed by atoms with Gasteiger partial charge in [0.15, 0.2) is 5.78 Å². The highest BCUT2D eigenvalue weighted by molar-refractivity contribution is 6.30. The second-order valence-electron chi connectivity index (χ2n) is 3.52. The molecule has 0 radical (unpaired) electrons. The maximum absolute atomic E-state index is 11.8. The lowest BCUT2D eigenvalue weighted by Gasteiger charge is -2.13. The van der Waals surface area contributed by atoms with Gasteiger partial charge in [0.25, 0.3) is 0 Å². The first-order valence-corrected chi connectivity index (χ1v) is 4.95. The van der Waals surface area contributed by atoms with Crippen molar-refractivity contribution in [3.63, 3.8) is 0 Å². The van der Waals surface area contributed by atoms with E-state index in [9.17, 15) is 4.79 Å². The molecule has 0 saturated carbocycles. The molecule has 0 aliphatic carbocycles. The van der Waals surface area contributed by atoms with Gasteiger partial charge in [-0.2, -0.15) is 0 Å². The number of hydrogen-bond donors (Lipinski definition) is 1. The van der Waals surface area contributed by atoms with Crippen LogP contribution in [0.2, 0.25) is 5.02 Å². The summed E-state index contributed by atoms with van der Waals surface area (Å²) >= 11 is 5.72. The number of Topliss-reactive ketones (excluding diaryl/α,β-unsaturated/α-hetero) is 1. The van der Waals surface area contributed by atoms with Crippen LogP contribution in [0.4, 0.5) is 0 Å². The van der Waals surface area contributed by atoms with Crippen LogP contribution in [0.1, 0.15) is 24.2 Å². The lowest BCUT2D eigenvalue weighted by atomic mass is 9.94. The highest BCUT2D eigenvalue weighted by Crippen LogP contribution is 2.14. The van der Waals surface area contributed by atoms with Crippen LogP contribution in [-0.2, 0) is 0 Å². The van der Waals surface area contributed by atoms with Gasteiger partial charge < -0.3 is 5.73 Å². The van der Waals surface area contributed by atoms with Crippen LogP contribution in [-0.4, -0.2) is 11.8 Å². The number of benzene rings is 1. The topological polar surface area (TPSA) is 43.1 Å². The Morgan fingerprint density at radius 3 is 2.21 bits per heavy atom. The molecule has 0 fully saturated rings. The predicted octanol–water partition coefficient (Wildman–Crippen LogP) is 2.51. The van der Waals surface area contributed by atoms with Crippen molar-refractivity contribution < 1.29 is 4.79 Å². The summed E-state index contributed by atoms with van der Waals surface area (Å²) in [5, 5.41) is 0.634. The van der Waals surface area contributed by atoms with Gasteiger partial charge in [0.2, 0.25) is 0 Å². The molecule has 1 rings (SSSR count). The second kappa shape index (κ2) is 4.58. The largest absolute Gasteiger partial charge is 0.327 e. The minimum atomic E-state index is -0.156. The van der Waals surface area contributed by atoms with Crippen molar-refractivity contribution in [2.45, 2.75) is 19.9 Å². The van der Waals surface area contributed by atoms with Gasteiger partial charge in [0.1, 0.15) is 0 Å². The number of ketones is 1. The van der Waals surface area contributed by atoms with Gasteiger partial charge in [-0.15, -0.1) is 0 Å². The molecule has 0 aliphatic heterocycles. The molecule has 76 valence electrons. The van der Waals surface area contributed by atoms with E-state index < -0.39 is 0 Å². The van der Waals surface area contributed by atoms with Gasteiger partial charge >= 0.3 is 0 Å². The molecule has 0 aliphatic rings. The van der Waals surface area contributed by atoms with Gasteiger partial charge in [-0.05, 0) is 31.2 Å². The lowest BCUT2D eigenvalue weighted by molar-refractivity contribution is 0.0917. The van der Waals surface area contributed by atoms with E-state index in [2.05, 4.69) is 0 Å². The quantitative estimate of drug-likeness (QED) is 0.781. The molecular weight excluding hydrogens is 198 g/mol. The highest BCUT2D eigenvalue weighted by atomic mass is 35.5. The Balaban J connectivity index is 2.84. The minimum Gasteiger partial charge on any atom is -0.327 e. The Kier molecular flexibility index (Phi) is 3.67. The van der Waals surface area contributed by atoms with Gasteiger partial charge in [-0.25, -0.2) is 0 Å². The maximum Gasteiger partial charge on any atom is 0.167 e. The molecule has 3 heteroatoms. The first kappa shape index (κ1) is 11.2. The second-order valence-corrected chi connectivity index (χ2v) is 3.96. The predicted molar refractivity (Wildman–Crippen MR) is 58.6 cm³/mol. The van der Waals surface area contributed by atoms with E-state index in [4.69, 9.17) is 17.3 Å². The third-order valence-corrected chi connectivity index (χ3v) is 2.58. The fourth-order valence-corrected chi connectivity index (χ4v) is 1.24. The number of nitrogens with two attached hydrogens (primary N) is 1. The first-order chi connectivity index (χ1) is 6.52. The SMILES string of the molecule is CC(N)C(C)C(=O)c1ccc(Cl)cc1. The van der Waals surface area contributed by atoms with Crippen molar-refractivity contribution in [2.24, 2.45) is 11.7 Å². The van der Waals surface area contributed by atoms with E-state index in [0.29, 0.717) is 10.6 Å². The van der Waals surface area contributed by atoms with E-state index >= 15 is 0 Å². The molecule has 0 saturated heterocycles. The minimum absolute atomic E-state index is 0.0664. The summed E-state index contributed by atoms with van der Waals surface area (Å²) < 4.78 is 0. The standard InChI is InChI=1S/C11H14ClNO/c1-7(8(2)13)11(14)9-3-5-10(12)6-4-9/h3-8H,13H2,1-2H3. The summed E-state index contributed by atoms with van der Waals surface area (Å²) in [6, 6.07) is 6.75. The summed E-state index contributed by atoms with van der Waals surface area (Å²) in [5.41, 5.74) is 6.32. The van der Waals surface area contributed by atoms with Crippen LogP contribution in [0.5, 0.6) is 0 Å². The van der Waals surface area contributed by atoms with Crippen LogP contribution in [0.3, 0.4) is 0 Å². The third-order valence-electron chi connectivity index (χ3n) is 2.33. The van der Waals surface area contributed by atoms with Crippen molar-refractivity contribution >= 4 is 17.4 Å². The van der Waals surface area contributed by atoms with Crippen molar-refractivity contribution in [2.75, 3.05) is 0 Å². The number of hydrogen-bond acceptors (Lipinski definition) is 2.